The van der Waals surface area contributed by atoms with Gasteiger partial charge in [0.25, 0.3) is 0 Å². The van der Waals surface area contributed by atoms with E-state index in [1.165, 1.54) is 10.8 Å². The fraction of sp³-hybridized carbons (Fsp3) is 0.235. The second-order valence-electron chi connectivity index (χ2n) is 6.45. The predicted octanol–water partition coefficient (Wildman–Crippen LogP) is 2.91. The summed E-state index contributed by atoms with van der Waals surface area (Å²) in [4.78, 5) is 12.4. The molecule has 132 valence electrons. The second kappa shape index (κ2) is 6.68. The summed E-state index contributed by atoms with van der Waals surface area (Å²) in [7, 11) is 0. The van der Waals surface area contributed by atoms with Gasteiger partial charge in [-0.1, -0.05) is 6.07 Å². The number of anilines is 1. The highest BCUT2D eigenvalue weighted by Crippen LogP contribution is 2.26. The maximum absolute atomic E-state index is 12.4. The second-order valence-corrected chi connectivity index (χ2v) is 6.45. The van der Waals surface area contributed by atoms with Gasteiger partial charge in [-0.2, -0.15) is 10.5 Å². The normalized spacial score (nSPS) is 12.0. The lowest BCUT2D eigenvalue weighted by Gasteiger charge is -2.19. The van der Waals surface area contributed by atoms with Gasteiger partial charge in [0.1, 0.15) is 17.2 Å². The molecule has 0 saturated carbocycles. The quantitative estimate of drug-likeness (QED) is 0.696. The van der Waals surface area contributed by atoms with E-state index in [1.54, 1.807) is 18.3 Å². The lowest BCUT2D eigenvalue weighted by molar-refractivity contribution is 0.0544. The summed E-state index contributed by atoms with van der Waals surface area (Å²) in [5, 5.41) is 26.4. The molecule has 0 atom stereocenters. The average Bonchev–Trinajstić information content (AvgIpc) is 3.23. The number of H-pyrrole nitrogens is 1. The van der Waals surface area contributed by atoms with Crippen molar-refractivity contribution in [2.24, 2.45) is 0 Å². The number of fused-ring (bicyclic) bond motifs is 1. The van der Waals surface area contributed by atoms with Crippen molar-refractivity contribution >= 4 is 28.3 Å². The third kappa shape index (κ3) is 3.54. The minimum atomic E-state index is -0.585. The summed E-state index contributed by atoms with van der Waals surface area (Å²) >= 11 is 0. The third-order valence-electron chi connectivity index (χ3n) is 3.40. The van der Waals surface area contributed by atoms with Crippen molar-refractivity contribution in [1.82, 2.24) is 25.2 Å². The fourth-order valence-corrected chi connectivity index (χ4v) is 2.34. The van der Waals surface area contributed by atoms with E-state index >= 15 is 0 Å². The molecule has 26 heavy (non-hydrogen) atoms. The van der Waals surface area contributed by atoms with Gasteiger partial charge in [-0.05, 0) is 44.2 Å². The number of hydrogen-bond donors (Lipinski definition) is 2. The number of aromatic amines is 1. The molecule has 2 aromatic heterocycles. The van der Waals surface area contributed by atoms with Crippen LogP contribution in [-0.2, 0) is 4.74 Å². The molecule has 0 aliphatic heterocycles. The number of aromatic nitrogens is 5. The van der Waals surface area contributed by atoms with Gasteiger partial charge in [0.05, 0.1) is 5.52 Å². The minimum Gasteiger partial charge on any atom is -0.443 e. The topological polar surface area (TPSA) is 122 Å². The zero-order chi connectivity index (χ0) is 18.7. The number of allylic oxidation sites excluding steroid dienone is 1. The van der Waals surface area contributed by atoms with Crippen molar-refractivity contribution in [3.05, 3.63) is 42.5 Å². The number of carbonyl (C=O) groups excluding carboxylic acids is 1. The van der Waals surface area contributed by atoms with E-state index in [-0.39, 0.29) is 11.4 Å². The van der Waals surface area contributed by atoms with Gasteiger partial charge in [-0.15, -0.1) is 10.2 Å². The summed E-state index contributed by atoms with van der Waals surface area (Å²) in [6.45, 7) is 5.45. The number of benzene rings is 1. The Morgan fingerprint density at radius 2 is 2.19 bits per heavy atom. The molecule has 0 spiro atoms. The van der Waals surface area contributed by atoms with Crippen molar-refractivity contribution in [2.75, 3.05) is 5.32 Å². The summed E-state index contributed by atoms with van der Waals surface area (Å²) in [5.41, 5.74) is 1.05. The van der Waals surface area contributed by atoms with Crippen LogP contribution < -0.4 is 5.32 Å². The molecular weight excluding hydrogens is 334 g/mol. The number of nitrogens with zero attached hydrogens (tertiary/aromatic N) is 5. The number of hydrogen-bond acceptors (Lipinski definition) is 7. The van der Waals surface area contributed by atoms with E-state index in [2.05, 4.69) is 25.9 Å². The first-order valence-electron chi connectivity index (χ1n) is 7.83. The molecule has 2 heterocycles. The Hall–Kier alpha value is -3.67. The van der Waals surface area contributed by atoms with Crippen LogP contribution in [0.15, 0.2) is 36.7 Å². The van der Waals surface area contributed by atoms with E-state index in [4.69, 9.17) is 4.74 Å². The standard InChI is InChI=1S/C17H17N7O2/c1-17(2,3)26-16(25)24-8-7-12-13(5-4-6-14(12)24)19-10-11(9-18)15-20-22-23-21-15/h4-8,10,19H,1-3H3,(H,20,21,22,23). The predicted molar refractivity (Wildman–Crippen MR) is 95.0 cm³/mol. The zero-order valence-electron chi connectivity index (χ0n) is 14.5. The molecule has 3 aromatic rings. The maximum atomic E-state index is 12.4. The number of rotatable bonds is 3. The molecule has 9 nitrogen and oxygen atoms in total. The summed E-state index contributed by atoms with van der Waals surface area (Å²) in [6.07, 6.45) is 2.69. The molecule has 0 saturated heterocycles. The van der Waals surface area contributed by atoms with E-state index in [0.29, 0.717) is 5.52 Å². The summed E-state index contributed by atoms with van der Waals surface area (Å²) in [6, 6.07) is 9.27. The first kappa shape index (κ1) is 17.2. The lowest BCUT2D eigenvalue weighted by Crippen LogP contribution is -2.26. The molecular formula is C17H17N7O2. The molecule has 0 unspecified atom stereocenters. The van der Waals surface area contributed by atoms with Crippen LogP contribution in [0.3, 0.4) is 0 Å². The Bertz CT molecular complexity index is 1000. The van der Waals surface area contributed by atoms with Crippen molar-refractivity contribution in [3.8, 4) is 6.07 Å². The molecule has 0 bridgehead atoms. The number of nitriles is 1. The number of ether oxygens (including phenoxy) is 1. The molecule has 0 fully saturated rings. The van der Waals surface area contributed by atoms with E-state index < -0.39 is 11.7 Å². The molecule has 0 radical (unpaired) electrons. The minimum absolute atomic E-state index is 0.193. The molecule has 2 N–H and O–H groups in total. The van der Waals surface area contributed by atoms with Gasteiger partial charge in [0.2, 0.25) is 5.82 Å². The molecule has 0 amide bonds. The molecule has 9 heteroatoms. The van der Waals surface area contributed by atoms with Crippen LogP contribution in [0, 0.1) is 11.3 Å². The van der Waals surface area contributed by atoms with Gasteiger partial charge in [0.15, 0.2) is 0 Å². The molecule has 0 aliphatic carbocycles. The summed E-state index contributed by atoms with van der Waals surface area (Å²) < 4.78 is 6.86. The third-order valence-corrected chi connectivity index (χ3v) is 3.40. The number of nitrogens with one attached hydrogen (secondary N) is 2. The number of carbonyl (C=O) groups is 1. The van der Waals surface area contributed by atoms with Crippen molar-refractivity contribution in [1.29, 1.82) is 5.26 Å². The Morgan fingerprint density at radius 1 is 1.38 bits per heavy atom. The maximum Gasteiger partial charge on any atom is 0.418 e. The van der Waals surface area contributed by atoms with Gasteiger partial charge >= 0.3 is 6.09 Å². The Balaban J connectivity index is 1.92. The zero-order valence-corrected chi connectivity index (χ0v) is 14.5. The SMILES string of the molecule is CC(C)(C)OC(=O)n1ccc2c(NC=C(C#N)c3nn[nH]n3)cccc21. The summed E-state index contributed by atoms with van der Waals surface area (Å²) in [5.74, 6) is 0.193. The van der Waals surface area contributed by atoms with Gasteiger partial charge in [-0.3, -0.25) is 4.57 Å². The fourth-order valence-electron chi connectivity index (χ4n) is 2.34. The first-order valence-corrected chi connectivity index (χ1v) is 7.83. The molecule has 3 rings (SSSR count). The highest BCUT2D eigenvalue weighted by molar-refractivity contribution is 5.97. The van der Waals surface area contributed by atoms with Gasteiger partial charge < -0.3 is 10.1 Å². The average molecular weight is 351 g/mol. The van der Waals surface area contributed by atoms with Crippen molar-refractivity contribution in [3.63, 3.8) is 0 Å². The van der Waals surface area contributed by atoms with Crippen LogP contribution in [0.5, 0.6) is 0 Å². The van der Waals surface area contributed by atoms with Crippen LogP contribution >= 0.6 is 0 Å². The van der Waals surface area contributed by atoms with Crippen LogP contribution in [0.1, 0.15) is 26.6 Å². The van der Waals surface area contributed by atoms with Crippen LogP contribution in [0.25, 0.3) is 16.5 Å². The molecule has 0 aliphatic rings. The van der Waals surface area contributed by atoms with Gasteiger partial charge in [-0.25, -0.2) is 4.79 Å². The number of tetrazole rings is 1. The first-order chi connectivity index (χ1) is 12.4. The van der Waals surface area contributed by atoms with Crippen molar-refractivity contribution in [2.45, 2.75) is 26.4 Å². The Morgan fingerprint density at radius 3 is 2.85 bits per heavy atom. The van der Waals surface area contributed by atoms with Gasteiger partial charge in [0, 0.05) is 23.5 Å². The highest BCUT2D eigenvalue weighted by atomic mass is 16.6. The van der Waals surface area contributed by atoms with E-state index in [0.717, 1.165) is 11.1 Å². The highest BCUT2D eigenvalue weighted by Gasteiger charge is 2.19. The monoisotopic (exact) mass is 351 g/mol. The Labute approximate surface area is 149 Å². The van der Waals surface area contributed by atoms with Crippen LogP contribution in [0.2, 0.25) is 0 Å². The van der Waals surface area contributed by atoms with Crippen LogP contribution in [0.4, 0.5) is 10.5 Å². The Kier molecular flexibility index (Phi) is 4.41. The molecule has 1 aromatic carbocycles. The van der Waals surface area contributed by atoms with E-state index in [1.807, 2.05) is 39.0 Å². The largest absolute Gasteiger partial charge is 0.443 e. The van der Waals surface area contributed by atoms with Crippen molar-refractivity contribution < 1.29 is 9.53 Å². The van der Waals surface area contributed by atoms with E-state index in [9.17, 15) is 10.1 Å². The smallest absolute Gasteiger partial charge is 0.418 e. The lowest BCUT2D eigenvalue weighted by atomic mass is 10.2. The van der Waals surface area contributed by atoms with Crippen LogP contribution in [-0.4, -0.2) is 36.9 Å².